The number of benzene rings is 2. The molecule has 0 aliphatic heterocycles. The summed E-state index contributed by atoms with van der Waals surface area (Å²) in [6.45, 7) is 0. The first-order chi connectivity index (χ1) is 8.56. The predicted molar refractivity (Wildman–Crippen MR) is 73.0 cm³/mol. The van der Waals surface area contributed by atoms with Crippen molar-refractivity contribution in [3.05, 3.63) is 60.7 Å². The molecule has 5 heteroatoms. The third-order valence-corrected chi connectivity index (χ3v) is 2.80. The second kappa shape index (κ2) is 5.20. The highest BCUT2D eigenvalue weighted by Gasteiger charge is 2.13. The van der Waals surface area contributed by atoms with E-state index in [0.717, 1.165) is 17.6 Å². The SMILES string of the molecule is CS(=O)(=O)NN(c1ccccc1)c1ccccc1. The van der Waals surface area contributed by atoms with E-state index in [9.17, 15) is 8.42 Å². The largest absolute Gasteiger partial charge is 0.263 e. The molecule has 0 bridgehead atoms. The Kier molecular flexibility index (Phi) is 3.64. The van der Waals surface area contributed by atoms with Crippen LogP contribution in [0.1, 0.15) is 0 Å². The molecule has 0 fully saturated rings. The van der Waals surface area contributed by atoms with Crippen LogP contribution in [0.3, 0.4) is 0 Å². The summed E-state index contributed by atoms with van der Waals surface area (Å²) in [6, 6.07) is 18.5. The number of hydrogen-bond donors (Lipinski definition) is 1. The zero-order valence-corrected chi connectivity index (χ0v) is 10.8. The molecule has 18 heavy (non-hydrogen) atoms. The maximum Gasteiger partial charge on any atom is 0.225 e. The van der Waals surface area contributed by atoms with E-state index < -0.39 is 10.0 Å². The van der Waals surface area contributed by atoms with Crippen LogP contribution in [0.5, 0.6) is 0 Å². The number of para-hydroxylation sites is 2. The Morgan fingerprint density at radius 1 is 0.833 bits per heavy atom. The quantitative estimate of drug-likeness (QED) is 0.860. The molecule has 0 aliphatic carbocycles. The number of sulfonamides is 1. The normalized spacial score (nSPS) is 11.2. The number of hydrogen-bond acceptors (Lipinski definition) is 3. The highest BCUT2D eigenvalue weighted by atomic mass is 32.2. The van der Waals surface area contributed by atoms with Crippen LogP contribution in [0.4, 0.5) is 11.4 Å². The number of anilines is 2. The fraction of sp³-hybridized carbons (Fsp3) is 0.0769. The Morgan fingerprint density at radius 3 is 1.56 bits per heavy atom. The van der Waals surface area contributed by atoms with Gasteiger partial charge in [0.1, 0.15) is 0 Å². The summed E-state index contributed by atoms with van der Waals surface area (Å²) in [5.41, 5.74) is 1.52. The van der Waals surface area contributed by atoms with Gasteiger partial charge in [0.15, 0.2) is 0 Å². The molecule has 0 aliphatic rings. The van der Waals surface area contributed by atoms with Crippen LogP contribution >= 0.6 is 0 Å². The highest BCUT2D eigenvalue weighted by Crippen LogP contribution is 2.22. The molecular weight excluding hydrogens is 248 g/mol. The van der Waals surface area contributed by atoms with Gasteiger partial charge in [0, 0.05) is 0 Å². The van der Waals surface area contributed by atoms with E-state index >= 15 is 0 Å². The van der Waals surface area contributed by atoms with Gasteiger partial charge in [-0.05, 0) is 24.3 Å². The van der Waals surface area contributed by atoms with E-state index in [0.29, 0.717) is 0 Å². The van der Waals surface area contributed by atoms with Gasteiger partial charge in [-0.1, -0.05) is 36.4 Å². The highest BCUT2D eigenvalue weighted by molar-refractivity contribution is 7.88. The van der Waals surface area contributed by atoms with Crippen LogP contribution in [-0.4, -0.2) is 14.7 Å². The Bertz CT molecular complexity index is 558. The fourth-order valence-electron chi connectivity index (χ4n) is 1.57. The molecule has 2 aromatic carbocycles. The minimum Gasteiger partial charge on any atom is -0.263 e. The minimum atomic E-state index is -3.34. The van der Waals surface area contributed by atoms with E-state index in [1.54, 1.807) is 0 Å². The van der Waals surface area contributed by atoms with Crippen LogP contribution < -0.4 is 9.84 Å². The first-order valence-electron chi connectivity index (χ1n) is 5.44. The molecule has 0 saturated heterocycles. The summed E-state index contributed by atoms with van der Waals surface area (Å²) in [7, 11) is -3.34. The lowest BCUT2D eigenvalue weighted by atomic mass is 10.2. The average molecular weight is 262 g/mol. The Hall–Kier alpha value is -1.85. The zero-order valence-electron chi connectivity index (χ0n) is 9.95. The van der Waals surface area contributed by atoms with Gasteiger partial charge in [-0.15, -0.1) is 4.83 Å². The Labute approximate surface area is 107 Å². The van der Waals surface area contributed by atoms with Crippen LogP contribution in [0.25, 0.3) is 0 Å². The molecule has 0 radical (unpaired) electrons. The van der Waals surface area contributed by atoms with E-state index in [1.165, 1.54) is 5.01 Å². The first-order valence-corrected chi connectivity index (χ1v) is 7.33. The van der Waals surface area contributed by atoms with Crippen molar-refractivity contribution in [2.24, 2.45) is 0 Å². The lowest BCUT2D eigenvalue weighted by Gasteiger charge is -2.24. The minimum absolute atomic E-state index is 0.758. The van der Waals surface area contributed by atoms with E-state index in [2.05, 4.69) is 4.83 Å². The molecule has 2 aromatic rings. The lowest BCUT2D eigenvalue weighted by molar-refractivity contribution is 0.589. The summed E-state index contributed by atoms with van der Waals surface area (Å²) in [6.07, 6.45) is 1.13. The molecule has 1 N–H and O–H groups in total. The van der Waals surface area contributed by atoms with E-state index in [-0.39, 0.29) is 0 Å². The second-order valence-electron chi connectivity index (χ2n) is 3.87. The predicted octanol–water partition coefficient (Wildman–Crippen LogP) is 2.29. The van der Waals surface area contributed by atoms with Crippen molar-refractivity contribution in [1.29, 1.82) is 0 Å². The van der Waals surface area contributed by atoms with Crippen molar-refractivity contribution >= 4 is 21.4 Å². The monoisotopic (exact) mass is 262 g/mol. The molecule has 0 amide bonds. The van der Waals surface area contributed by atoms with E-state index in [1.807, 2.05) is 60.7 Å². The van der Waals surface area contributed by atoms with Gasteiger partial charge in [0.25, 0.3) is 0 Å². The lowest BCUT2D eigenvalue weighted by Crippen LogP contribution is -2.38. The van der Waals surface area contributed by atoms with Crippen LogP contribution in [-0.2, 0) is 10.0 Å². The number of rotatable bonds is 4. The van der Waals surface area contributed by atoms with Crippen molar-refractivity contribution < 1.29 is 8.42 Å². The van der Waals surface area contributed by atoms with Gasteiger partial charge in [-0.25, -0.2) is 8.42 Å². The average Bonchev–Trinajstić information content (AvgIpc) is 2.37. The third kappa shape index (κ3) is 3.32. The molecule has 0 atom stereocenters. The second-order valence-corrected chi connectivity index (χ2v) is 5.60. The van der Waals surface area contributed by atoms with Crippen molar-refractivity contribution in [2.75, 3.05) is 11.3 Å². The maximum atomic E-state index is 11.4. The summed E-state index contributed by atoms with van der Waals surface area (Å²) in [5, 5.41) is 1.54. The number of nitrogens with one attached hydrogen (secondary N) is 1. The van der Waals surface area contributed by atoms with Gasteiger partial charge in [-0.2, -0.15) is 0 Å². The number of nitrogens with zero attached hydrogens (tertiary/aromatic N) is 1. The van der Waals surface area contributed by atoms with Crippen molar-refractivity contribution in [1.82, 2.24) is 4.83 Å². The topological polar surface area (TPSA) is 49.4 Å². The van der Waals surface area contributed by atoms with Gasteiger partial charge in [-0.3, -0.25) is 5.01 Å². The smallest absolute Gasteiger partial charge is 0.225 e. The van der Waals surface area contributed by atoms with E-state index in [4.69, 9.17) is 0 Å². The van der Waals surface area contributed by atoms with Gasteiger partial charge in [0.05, 0.1) is 17.6 Å². The van der Waals surface area contributed by atoms with Crippen LogP contribution in [0.2, 0.25) is 0 Å². The Morgan fingerprint density at radius 2 is 1.22 bits per heavy atom. The number of hydrazine groups is 1. The molecule has 0 aromatic heterocycles. The first kappa shape index (κ1) is 12.6. The summed E-state index contributed by atoms with van der Waals surface area (Å²) in [4.78, 5) is 2.49. The Balaban J connectivity index is 2.42. The molecule has 0 spiro atoms. The molecule has 0 heterocycles. The third-order valence-electron chi connectivity index (χ3n) is 2.29. The zero-order chi connectivity index (χ0) is 13.0. The van der Waals surface area contributed by atoms with Crippen LogP contribution in [0.15, 0.2) is 60.7 Å². The molecular formula is C13H14N2O2S. The molecule has 4 nitrogen and oxygen atoms in total. The standard InChI is InChI=1S/C13H14N2O2S/c1-18(16,17)14-15(12-8-4-2-5-9-12)13-10-6-3-7-11-13/h2-11,14H,1H3. The summed E-state index contributed by atoms with van der Waals surface area (Å²) < 4.78 is 22.9. The van der Waals surface area contributed by atoms with Crippen molar-refractivity contribution in [3.8, 4) is 0 Å². The van der Waals surface area contributed by atoms with Gasteiger partial charge < -0.3 is 0 Å². The maximum absolute atomic E-state index is 11.4. The fourth-order valence-corrected chi connectivity index (χ4v) is 2.12. The molecule has 0 saturated carbocycles. The van der Waals surface area contributed by atoms with Crippen LogP contribution in [0, 0.1) is 0 Å². The van der Waals surface area contributed by atoms with Crippen molar-refractivity contribution in [2.45, 2.75) is 0 Å². The van der Waals surface area contributed by atoms with Gasteiger partial charge >= 0.3 is 0 Å². The molecule has 0 unspecified atom stereocenters. The summed E-state index contributed by atoms with van der Waals surface area (Å²) >= 11 is 0. The molecule has 94 valence electrons. The van der Waals surface area contributed by atoms with Gasteiger partial charge in [0.2, 0.25) is 10.0 Å². The molecule has 2 rings (SSSR count). The summed E-state index contributed by atoms with van der Waals surface area (Å²) in [5.74, 6) is 0. The van der Waals surface area contributed by atoms with Crippen molar-refractivity contribution in [3.63, 3.8) is 0 Å².